The molecule has 212 valence electrons. The number of quaternary nitrogens is 1. The van der Waals surface area contributed by atoms with Crippen LogP contribution in [0.3, 0.4) is 0 Å². The first-order chi connectivity index (χ1) is 19.2. The average molecular weight is 571 g/mol. The highest BCUT2D eigenvalue weighted by Crippen LogP contribution is 2.46. The van der Waals surface area contributed by atoms with E-state index in [1.165, 1.54) is 13.8 Å². The summed E-state index contributed by atoms with van der Waals surface area (Å²) in [6, 6.07) is 15.4. The van der Waals surface area contributed by atoms with Crippen molar-refractivity contribution in [1.82, 2.24) is 4.57 Å². The van der Waals surface area contributed by atoms with E-state index < -0.39 is 17.7 Å². The minimum absolute atomic E-state index is 0.178. The van der Waals surface area contributed by atoms with Crippen LogP contribution in [0.1, 0.15) is 49.3 Å². The summed E-state index contributed by atoms with van der Waals surface area (Å²) in [5, 5.41) is 25.4. The van der Waals surface area contributed by atoms with Gasteiger partial charge in [0.05, 0.1) is 25.6 Å². The number of methoxy groups -OCH3 is 2. The van der Waals surface area contributed by atoms with Gasteiger partial charge in [0.1, 0.15) is 25.4 Å². The molecule has 2 atom stereocenters. The van der Waals surface area contributed by atoms with Crippen molar-refractivity contribution in [2.24, 2.45) is 10.3 Å². The van der Waals surface area contributed by atoms with Crippen LogP contribution in [-0.2, 0) is 14.3 Å². The topological polar surface area (TPSA) is 144 Å². The number of nitrogens with one attached hydrogen (secondary N) is 1. The van der Waals surface area contributed by atoms with E-state index in [2.05, 4.69) is 14.9 Å². The average Bonchev–Trinajstić information content (AvgIpc) is 3.38. The van der Waals surface area contributed by atoms with Gasteiger partial charge in [0.2, 0.25) is 0 Å². The van der Waals surface area contributed by atoms with Crippen LogP contribution < -0.4 is 14.9 Å². The summed E-state index contributed by atoms with van der Waals surface area (Å²) in [7, 11) is 3.20. The minimum atomic E-state index is -1.42. The van der Waals surface area contributed by atoms with E-state index >= 15 is 0 Å². The summed E-state index contributed by atoms with van der Waals surface area (Å²) in [6.45, 7) is 3.07. The number of aliphatic carboxylic acids is 1. The first-order valence-electron chi connectivity index (χ1n) is 12.7. The Morgan fingerprint density at radius 3 is 2.70 bits per heavy atom. The van der Waals surface area contributed by atoms with Crippen LogP contribution in [0.5, 0.6) is 11.5 Å². The van der Waals surface area contributed by atoms with Crippen molar-refractivity contribution in [3.8, 4) is 17.2 Å². The summed E-state index contributed by atoms with van der Waals surface area (Å²) >= 11 is 6.46. The van der Waals surface area contributed by atoms with Gasteiger partial charge in [0.15, 0.2) is 22.9 Å². The molecule has 0 unspecified atom stereocenters. The monoisotopic (exact) mass is 570 g/mol. The zero-order valence-corrected chi connectivity index (χ0v) is 23.5. The zero-order valence-electron chi connectivity index (χ0n) is 22.8. The lowest BCUT2D eigenvalue weighted by Crippen LogP contribution is -2.78. The number of hydrogen-bond donors (Lipinski definition) is 3. The lowest BCUT2D eigenvalue weighted by molar-refractivity contribution is -0.669. The largest absolute Gasteiger partial charge is 0.493 e. The Morgan fingerprint density at radius 2 is 1.98 bits per heavy atom. The summed E-state index contributed by atoms with van der Waals surface area (Å²) in [5.41, 5.74) is 3.80. The van der Waals surface area contributed by atoms with E-state index in [0.29, 0.717) is 29.5 Å². The van der Waals surface area contributed by atoms with Gasteiger partial charge in [0.25, 0.3) is 0 Å². The second-order valence-corrected chi connectivity index (χ2v) is 10.1. The highest BCUT2D eigenvalue weighted by molar-refractivity contribution is 6.30. The third-order valence-electron chi connectivity index (χ3n) is 6.56. The van der Waals surface area contributed by atoms with Crippen molar-refractivity contribution in [3.63, 3.8) is 0 Å². The van der Waals surface area contributed by atoms with Gasteiger partial charge >= 0.3 is 5.97 Å². The fourth-order valence-electron chi connectivity index (χ4n) is 4.45. The first-order valence-corrected chi connectivity index (χ1v) is 13.0. The molecule has 2 aromatic carbocycles. The molecule has 0 aliphatic carbocycles. The van der Waals surface area contributed by atoms with Gasteiger partial charge < -0.3 is 28.6 Å². The quantitative estimate of drug-likeness (QED) is 0.0774. The van der Waals surface area contributed by atoms with E-state index in [1.54, 1.807) is 19.6 Å². The van der Waals surface area contributed by atoms with E-state index in [-0.39, 0.29) is 18.5 Å². The number of aromatic nitrogens is 1. The standard InChI is InChI=1S/C28H32ClN5O6/c1-28(2,27(35)36)39-16-24(30)32-33-31-13-12-22-21-8-6-14-34(21)20-11-10-17(29)15-19(20)25(40-22)18-7-5-9-23(37-3)26(18)38-4/h5-11,14-15,22,25H,12-13,16H2,1-4H3,(H,35,36)(H2,30,31,32)/p+1/t22-,25-/m1/s1. The Balaban J connectivity index is 1.54. The van der Waals surface area contributed by atoms with Crippen LogP contribution >= 0.6 is 11.6 Å². The van der Waals surface area contributed by atoms with E-state index in [9.17, 15) is 4.79 Å². The number of nitrogens with two attached hydrogens (primary N) is 1. The molecular formula is C28H33ClN5O6+. The fraction of sp³-hybridized carbons (Fsp3) is 0.357. The van der Waals surface area contributed by atoms with E-state index in [1.807, 2.05) is 54.7 Å². The van der Waals surface area contributed by atoms with Crippen LogP contribution in [0.4, 0.5) is 0 Å². The smallest absolute Gasteiger partial charge is 0.335 e. The van der Waals surface area contributed by atoms with Crippen LogP contribution in [-0.4, -0.2) is 54.5 Å². The number of fused-ring (bicyclic) bond motifs is 3. The van der Waals surface area contributed by atoms with E-state index in [4.69, 9.17) is 41.1 Å². The molecule has 1 aliphatic heterocycles. The van der Waals surface area contributed by atoms with Gasteiger partial charge in [-0.3, -0.25) is 5.41 Å². The van der Waals surface area contributed by atoms with Crippen LogP contribution in [0.2, 0.25) is 5.02 Å². The Labute approximate surface area is 237 Å². The van der Waals surface area contributed by atoms with Gasteiger partial charge in [-0.2, -0.15) is 0 Å². The molecule has 0 saturated heterocycles. The first kappa shape index (κ1) is 29.2. The number of para-hydroxylation sites is 1. The molecular weight excluding hydrogens is 538 g/mol. The predicted octanol–water partition coefficient (Wildman–Crippen LogP) is 4.49. The second kappa shape index (κ2) is 12.6. The molecule has 2 heterocycles. The molecule has 12 heteroatoms. The van der Waals surface area contributed by atoms with Gasteiger partial charge in [-0.25, -0.2) is 10.2 Å². The van der Waals surface area contributed by atoms with Crippen LogP contribution in [0, 0.1) is 5.41 Å². The molecule has 0 saturated carbocycles. The number of amidine groups is 1. The van der Waals surface area contributed by atoms with Crippen LogP contribution in [0.15, 0.2) is 65.1 Å². The van der Waals surface area contributed by atoms with Crippen molar-refractivity contribution in [2.45, 2.75) is 38.1 Å². The Bertz CT molecular complexity index is 1410. The predicted molar refractivity (Wildman–Crippen MR) is 148 cm³/mol. The molecule has 4 rings (SSSR count). The second-order valence-electron chi connectivity index (χ2n) is 9.62. The normalized spacial score (nSPS) is 16.7. The van der Waals surface area contributed by atoms with Gasteiger partial charge in [0, 0.05) is 34.0 Å². The van der Waals surface area contributed by atoms with Gasteiger partial charge in [-0.1, -0.05) is 28.8 Å². The number of nitrogens with zero attached hydrogens (tertiary/aromatic N) is 3. The van der Waals surface area contributed by atoms with Crippen molar-refractivity contribution in [2.75, 3.05) is 27.4 Å². The molecule has 1 aliphatic rings. The number of rotatable bonds is 11. The molecule has 3 aromatic rings. The maximum Gasteiger partial charge on any atom is 0.335 e. The van der Waals surface area contributed by atoms with Crippen molar-refractivity contribution in [1.29, 1.82) is 5.41 Å². The number of halogens is 1. The number of carbonyl (C=O) groups is 1. The maximum atomic E-state index is 11.2. The molecule has 0 radical (unpaired) electrons. The molecule has 11 nitrogen and oxygen atoms in total. The van der Waals surface area contributed by atoms with Gasteiger partial charge in [-0.15, -0.1) is 0 Å². The Morgan fingerprint density at radius 1 is 1.18 bits per heavy atom. The SMILES string of the molecule is COc1cccc([C@H]2O[C@H](CC[NH2+]N=NC(=N)COC(C)(C)C(=O)O)c3cccn3-c3ccc(Cl)cc32)c1OC. The summed E-state index contributed by atoms with van der Waals surface area (Å²) in [6.07, 6.45) is 1.73. The third-order valence-corrected chi connectivity index (χ3v) is 6.80. The molecule has 0 spiro atoms. The van der Waals surface area contributed by atoms with E-state index in [0.717, 1.165) is 22.5 Å². The lowest BCUT2D eigenvalue weighted by Gasteiger charge is -2.25. The summed E-state index contributed by atoms with van der Waals surface area (Å²) in [4.78, 5) is 11.2. The molecule has 1 aromatic heterocycles. The van der Waals surface area contributed by atoms with Gasteiger partial charge in [-0.05, 0) is 50.2 Å². The molecule has 40 heavy (non-hydrogen) atoms. The number of carboxylic acids is 1. The van der Waals surface area contributed by atoms with Crippen molar-refractivity contribution in [3.05, 3.63) is 76.6 Å². The van der Waals surface area contributed by atoms with Crippen molar-refractivity contribution < 1.29 is 34.3 Å². The fourth-order valence-corrected chi connectivity index (χ4v) is 4.63. The third kappa shape index (κ3) is 6.34. The number of benzene rings is 2. The summed E-state index contributed by atoms with van der Waals surface area (Å²) in [5.74, 6) is -0.119. The highest BCUT2D eigenvalue weighted by atomic mass is 35.5. The Kier molecular flexibility index (Phi) is 9.21. The highest BCUT2D eigenvalue weighted by Gasteiger charge is 2.33. The minimum Gasteiger partial charge on any atom is -0.493 e. The molecule has 4 N–H and O–H groups in total. The molecule has 0 fully saturated rings. The molecule has 0 bridgehead atoms. The summed E-state index contributed by atoms with van der Waals surface area (Å²) < 4.78 is 25.4. The lowest BCUT2D eigenvalue weighted by atomic mass is 9.98. The van der Waals surface area contributed by atoms with Crippen LogP contribution in [0.25, 0.3) is 5.69 Å². The number of hydrogen-bond acceptors (Lipinski definition) is 7. The molecule has 0 amide bonds. The maximum absolute atomic E-state index is 11.2. The van der Waals surface area contributed by atoms with Crippen molar-refractivity contribution >= 4 is 23.4 Å². The Hall–Kier alpha value is -3.77. The zero-order chi connectivity index (χ0) is 28.9. The number of carboxylic acid groups (broad SMARTS) is 1. The number of ether oxygens (including phenoxy) is 4.